The largest absolute Gasteiger partial charge is 0.485 e. The van der Waals surface area contributed by atoms with Crippen LogP contribution in [0.5, 0.6) is 5.75 Å². The van der Waals surface area contributed by atoms with E-state index in [9.17, 15) is 9.18 Å². The number of hydrogen-bond acceptors (Lipinski definition) is 3. The summed E-state index contributed by atoms with van der Waals surface area (Å²) in [7, 11) is 0. The van der Waals surface area contributed by atoms with Crippen molar-refractivity contribution in [2.24, 2.45) is 0 Å². The van der Waals surface area contributed by atoms with Gasteiger partial charge in [-0.05, 0) is 53.9 Å². The lowest BCUT2D eigenvalue weighted by Gasteiger charge is -2.07. The molecule has 0 saturated carbocycles. The zero-order chi connectivity index (χ0) is 21.6. The first kappa shape index (κ1) is 20.3. The van der Waals surface area contributed by atoms with Crippen LogP contribution in [0, 0.1) is 5.82 Å². The van der Waals surface area contributed by atoms with Gasteiger partial charge in [0.25, 0.3) is 5.91 Å². The molecule has 156 valence electrons. The van der Waals surface area contributed by atoms with Crippen molar-refractivity contribution in [2.75, 3.05) is 5.32 Å². The molecule has 1 aromatic heterocycles. The average Bonchev–Trinajstić information content (AvgIpc) is 3.24. The number of aryl methyl sites for hydroxylation is 1. The van der Waals surface area contributed by atoms with Crippen molar-refractivity contribution in [3.05, 3.63) is 108 Å². The zero-order valence-electron chi connectivity index (χ0n) is 17.1. The third kappa shape index (κ3) is 4.98. The summed E-state index contributed by atoms with van der Waals surface area (Å²) in [6.45, 7) is 2.37. The molecule has 1 N–H and O–H groups in total. The molecule has 0 saturated heterocycles. The Bertz CT molecular complexity index is 1150. The smallest absolute Gasteiger partial charge is 0.280 e. The first-order valence-corrected chi connectivity index (χ1v) is 10.0. The van der Waals surface area contributed by atoms with E-state index in [-0.39, 0.29) is 17.4 Å². The number of ether oxygens (including phenoxy) is 1. The molecule has 0 atom stereocenters. The molecule has 1 amide bonds. The first-order valence-electron chi connectivity index (χ1n) is 10.0. The third-order valence-corrected chi connectivity index (χ3v) is 4.84. The molecule has 0 spiro atoms. The highest BCUT2D eigenvalue weighted by Crippen LogP contribution is 2.23. The van der Waals surface area contributed by atoms with Crippen LogP contribution in [0.4, 0.5) is 10.1 Å². The van der Waals surface area contributed by atoms with Crippen LogP contribution < -0.4 is 10.1 Å². The number of anilines is 1. The molecule has 0 bridgehead atoms. The minimum Gasteiger partial charge on any atom is -0.485 e. The zero-order valence-corrected chi connectivity index (χ0v) is 17.1. The highest BCUT2D eigenvalue weighted by molar-refractivity contribution is 6.04. The van der Waals surface area contributed by atoms with Crippen molar-refractivity contribution >= 4 is 11.6 Å². The Labute approximate surface area is 180 Å². The van der Waals surface area contributed by atoms with Crippen LogP contribution in [0.25, 0.3) is 5.69 Å². The number of carbonyl (C=O) groups excluding carboxylic acids is 1. The van der Waals surface area contributed by atoms with Crippen molar-refractivity contribution < 1.29 is 13.9 Å². The summed E-state index contributed by atoms with van der Waals surface area (Å²) in [4.78, 5) is 13.0. The molecular weight excluding hydrogens is 393 g/mol. The van der Waals surface area contributed by atoms with Gasteiger partial charge in [-0.15, -0.1) is 0 Å². The van der Waals surface area contributed by atoms with Crippen molar-refractivity contribution in [3.8, 4) is 11.4 Å². The van der Waals surface area contributed by atoms with E-state index < -0.39 is 0 Å². The van der Waals surface area contributed by atoms with Crippen molar-refractivity contribution in [3.63, 3.8) is 0 Å². The molecule has 4 rings (SSSR count). The van der Waals surface area contributed by atoms with Crippen LogP contribution in [-0.2, 0) is 13.0 Å². The molecule has 0 aliphatic rings. The number of carbonyl (C=O) groups is 1. The lowest BCUT2D eigenvalue weighted by atomic mass is 10.1. The standard InChI is InChI=1S/C25H22FN3O2/c1-2-18-8-12-21(13-9-18)27-25(30)24-23(31-17-19-6-4-3-5-7-19)16-29(28-24)22-14-10-20(26)11-15-22/h3-16H,2,17H2,1H3,(H,27,30). The molecule has 6 heteroatoms. The van der Waals surface area contributed by atoms with Gasteiger partial charge in [0.15, 0.2) is 11.4 Å². The van der Waals surface area contributed by atoms with Gasteiger partial charge in [-0.1, -0.05) is 49.4 Å². The lowest BCUT2D eigenvalue weighted by molar-refractivity contribution is 0.101. The molecule has 31 heavy (non-hydrogen) atoms. The molecule has 5 nitrogen and oxygen atoms in total. The molecule has 0 aliphatic heterocycles. The first-order chi connectivity index (χ1) is 15.1. The molecule has 0 fully saturated rings. The molecule has 4 aromatic rings. The Morgan fingerprint density at radius 3 is 2.35 bits per heavy atom. The Balaban J connectivity index is 1.61. The Morgan fingerprint density at radius 1 is 0.968 bits per heavy atom. The molecule has 0 aliphatic carbocycles. The van der Waals surface area contributed by atoms with E-state index >= 15 is 0 Å². The molecule has 0 unspecified atom stereocenters. The minimum absolute atomic E-state index is 0.153. The number of nitrogens with zero attached hydrogens (tertiary/aromatic N) is 2. The molecule has 1 heterocycles. The summed E-state index contributed by atoms with van der Waals surface area (Å²) < 4.78 is 20.7. The molecule has 0 radical (unpaired) electrons. The van der Waals surface area contributed by atoms with Crippen LogP contribution >= 0.6 is 0 Å². The van der Waals surface area contributed by atoms with Gasteiger partial charge in [0.1, 0.15) is 12.4 Å². The van der Waals surface area contributed by atoms with Gasteiger partial charge in [0.05, 0.1) is 11.9 Å². The Kier molecular flexibility index (Phi) is 6.08. The number of aromatic nitrogens is 2. The maximum Gasteiger partial charge on any atom is 0.280 e. The van der Waals surface area contributed by atoms with Crippen LogP contribution in [0.2, 0.25) is 0 Å². The fraction of sp³-hybridized carbons (Fsp3) is 0.120. The average molecular weight is 415 g/mol. The second-order valence-corrected chi connectivity index (χ2v) is 7.04. The van der Waals surface area contributed by atoms with Gasteiger partial charge in [0, 0.05) is 5.69 Å². The maximum atomic E-state index is 13.3. The summed E-state index contributed by atoms with van der Waals surface area (Å²) in [6.07, 6.45) is 2.55. The fourth-order valence-electron chi connectivity index (χ4n) is 3.10. The van der Waals surface area contributed by atoms with Gasteiger partial charge in [-0.3, -0.25) is 4.79 Å². The number of benzene rings is 3. The van der Waals surface area contributed by atoms with Crippen LogP contribution in [0.3, 0.4) is 0 Å². The number of amides is 1. The van der Waals surface area contributed by atoms with E-state index in [1.807, 2.05) is 54.6 Å². The molecule has 3 aromatic carbocycles. The SMILES string of the molecule is CCc1ccc(NC(=O)c2nn(-c3ccc(F)cc3)cc2OCc2ccccc2)cc1. The summed E-state index contributed by atoms with van der Waals surface area (Å²) in [5.41, 5.74) is 3.61. The predicted molar refractivity (Wildman–Crippen MR) is 118 cm³/mol. The monoisotopic (exact) mass is 415 g/mol. The van der Waals surface area contributed by atoms with E-state index in [1.54, 1.807) is 18.3 Å². The second kappa shape index (κ2) is 9.26. The van der Waals surface area contributed by atoms with Crippen molar-refractivity contribution in [1.82, 2.24) is 9.78 Å². The summed E-state index contributed by atoms with van der Waals surface area (Å²) in [5.74, 6) is -0.381. The third-order valence-electron chi connectivity index (χ3n) is 4.84. The van der Waals surface area contributed by atoms with Gasteiger partial charge in [-0.25, -0.2) is 9.07 Å². The Morgan fingerprint density at radius 2 is 1.68 bits per heavy atom. The van der Waals surface area contributed by atoms with E-state index in [0.29, 0.717) is 23.7 Å². The second-order valence-electron chi connectivity index (χ2n) is 7.04. The summed E-state index contributed by atoms with van der Waals surface area (Å²) in [6, 6.07) is 23.2. The van der Waals surface area contributed by atoms with E-state index in [1.165, 1.54) is 22.4 Å². The summed E-state index contributed by atoms with van der Waals surface area (Å²) in [5, 5.41) is 7.28. The minimum atomic E-state index is -0.381. The number of hydrogen-bond donors (Lipinski definition) is 1. The van der Waals surface area contributed by atoms with Gasteiger partial charge in [0.2, 0.25) is 0 Å². The van der Waals surface area contributed by atoms with Crippen molar-refractivity contribution in [1.29, 1.82) is 0 Å². The van der Waals surface area contributed by atoms with Crippen LogP contribution in [0.1, 0.15) is 28.5 Å². The van der Waals surface area contributed by atoms with Gasteiger partial charge >= 0.3 is 0 Å². The number of rotatable bonds is 7. The topological polar surface area (TPSA) is 56.2 Å². The lowest BCUT2D eigenvalue weighted by Crippen LogP contribution is -2.14. The molecular formula is C25H22FN3O2. The number of nitrogens with one attached hydrogen (secondary N) is 1. The highest BCUT2D eigenvalue weighted by atomic mass is 19.1. The van der Waals surface area contributed by atoms with Gasteiger partial charge < -0.3 is 10.1 Å². The highest BCUT2D eigenvalue weighted by Gasteiger charge is 2.19. The van der Waals surface area contributed by atoms with Gasteiger partial charge in [-0.2, -0.15) is 5.10 Å². The van der Waals surface area contributed by atoms with Crippen LogP contribution in [0.15, 0.2) is 85.1 Å². The van der Waals surface area contributed by atoms with Crippen LogP contribution in [-0.4, -0.2) is 15.7 Å². The van der Waals surface area contributed by atoms with E-state index in [0.717, 1.165) is 12.0 Å². The van der Waals surface area contributed by atoms with E-state index in [2.05, 4.69) is 17.3 Å². The summed E-state index contributed by atoms with van der Waals surface area (Å²) >= 11 is 0. The van der Waals surface area contributed by atoms with E-state index in [4.69, 9.17) is 4.74 Å². The Hall–Kier alpha value is -3.93. The van der Waals surface area contributed by atoms with Crippen molar-refractivity contribution in [2.45, 2.75) is 20.0 Å². The predicted octanol–water partition coefficient (Wildman–Crippen LogP) is 5.41. The quantitative estimate of drug-likeness (QED) is 0.439. The maximum absolute atomic E-state index is 13.3. The normalized spacial score (nSPS) is 10.6. The number of halogens is 1. The fourth-order valence-corrected chi connectivity index (χ4v) is 3.10.